The highest BCUT2D eigenvalue weighted by molar-refractivity contribution is 6.12. The second-order valence-electron chi connectivity index (χ2n) is 11.7. The Hall–Kier alpha value is -6.39. The van der Waals surface area contributed by atoms with Crippen molar-refractivity contribution in [3.8, 4) is 56.4 Å². The molecule has 4 heteroatoms. The lowest BCUT2D eigenvalue weighted by molar-refractivity contribution is 0.669. The largest absolute Gasteiger partial charge is 0.456 e. The van der Waals surface area contributed by atoms with Crippen LogP contribution in [-0.4, -0.2) is 15.0 Å². The molecule has 0 aliphatic heterocycles. The monoisotopic (exact) mass is 601 g/mol. The molecule has 0 saturated carbocycles. The molecule has 0 unspecified atom stereocenters. The summed E-state index contributed by atoms with van der Waals surface area (Å²) in [5.41, 5.74) is 9.09. The molecule has 9 rings (SSSR count). The summed E-state index contributed by atoms with van der Waals surface area (Å²) in [4.78, 5) is 14.9. The van der Waals surface area contributed by atoms with Crippen LogP contribution in [0, 0.1) is 0 Å². The van der Waals surface area contributed by atoms with Crippen molar-refractivity contribution < 1.29 is 4.42 Å². The van der Waals surface area contributed by atoms with Gasteiger partial charge in [0.15, 0.2) is 17.5 Å². The van der Waals surface area contributed by atoms with E-state index in [1.165, 1.54) is 21.9 Å². The van der Waals surface area contributed by atoms with Crippen LogP contribution in [0.15, 0.2) is 168 Å². The van der Waals surface area contributed by atoms with Gasteiger partial charge in [0, 0.05) is 27.5 Å². The van der Waals surface area contributed by atoms with Gasteiger partial charge in [-0.3, -0.25) is 0 Å². The standard InChI is InChI=1S/C43H27N3O/c1-4-11-28(12-5-1)31-19-20-33-26-34(22-21-32(33)25-31)35-23-24-36-39(27-35)47-38-18-10-17-37(40(36)38)43-45-41(29-13-6-2-7-14-29)44-42(46-43)30-15-8-3-9-16-30/h1-27H. The number of nitrogens with zero attached hydrogens (tertiary/aromatic N) is 3. The molecular weight excluding hydrogens is 574 g/mol. The number of aromatic nitrogens is 3. The topological polar surface area (TPSA) is 51.8 Å². The molecule has 2 heterocycles. The molecule has 0 atom stereocenters. The Kier molecular flexibility index (Phi) is 6.43. The van der Waals surface area contributed by atoms with Crippen molar-refractivity contribution in [1.29, 1.82) is 0 Å². The van der Waals surface area contributed by atoms with Gasteiger partial charge < -0.3 is 4.42 Å². The third-order valence-corrected chi connectivity index (χ3v) is 8.72. The van der Waals surface area contributed by atoms with Gasteiger partial charge in [0.1, 0.15) is 11.2 Å². The third kappa shape index (κ3) is 4.93. The number of fused-ring (bicyclic) bond motifs is 4. The summed E-state index contributed by atoms with van der Waals surface area (Å²) >= 11 is 0. The first-order valence-electron chi connectivity index (χ1n) is 15.7. The normalized spacial score (nSPS) is 11.4. The van der Waals surface area contributed by atoms with Crippen molar-refractivity contribution in [2.45, 2.75) is 0 Å². The molecule has 0 fully saturated rings. The predicted octanol–water partition coefficient (Wildman–Crippen LogP) is 11.3. The van der Waals surface area contributed by atoms with E-state index < -0.39 is 0 Å². The average Bonchev–Trinajstić information content (AvgIpc) is 3.53. The van der Waals surface area contributed by atoms with Crippen LogP contribution < -0.4 is 0 Å². The van der Waals surface area contributed by atoms with E-state index in [1.807, 2.05) is 78.9 Å². The molecule has 4 nitrogen and oxygen atoms in total. The van der Waals surface area contributed by atoms with Gasteiger partial charge in [-0.25, -0.2) is 15.0 Å². The first kappa shape index (κ1) is 27.0. The van der Waals surface area contributed by atoms with Crippen molar-refractivity contribution >= 4 is 32.7 Å². The molecule has 220 valence electrons. The Bertz CT molecular complexity index is 2500. The van der Waals surface area contributed by atoms with Crippen molar-refractivity contribution in [2.75, 3.05) is 0 Å². The Morgan fingerprint density at radius 2 is 0.851 bits per heavy atom. The number of hydrogen-bond acceptors (Lipinski definition) is 4. The van der Waals surface area contributed by atoms with Crippen LogP contribution >= 0.6 is 0 Å². The second-order valence-corrected chi connectivity index (χ2v) is 11.7. The van der Waals surface area contributed by atoms with Gasteiger partial charge in [-0.05, 0) is 63.4 Å². The maximum atomic E-state index is 6.49. The highest BCUT2D eigenvalue weighted by Crippen LogP contribution is 2.38. The zero-order valence-electron chi connectivity index (χ0n) is 25.3. The van der Waals surface area contributed by atoms with Crippen LogP contribution in [0.4, 0.5) is 0 Å². The molecule has 7 aromatic carbocycles. The molecule has 0 saturated heterocycles. The van der Waals surface area contributed by atoms with Crippen molar-refractivity contribution in [1.82, 2.24) is 15.0 Å². The quantitative estimate of drug-likeness (QED) is 0.197. The third-order valence-electron chi connectivity index (χ3n) is 8.72. The van der Waals surface area contributed by atoms with E-state index in [2.05, 4.69) is 84.9 Å². The number of furan rings is 1. The summed E-state index contributed by atoms with van der Waals surface area (Å²) in [7, 11) is 0. The lowest BCUT2D eigenvalue weighted by Crippen LogP contribution is -2.00. The van der Waals surface area contributed by atoms with Crippen molar-refractivity contribution in [3.63, 3.8) is 0 Å². The highest BCUT2D eigenvalue weighted by Gasteiger charge is 2.18. The number of benzene rings is 7. The van der Waals surface area contributed by atoms with E-state index in [4.69, 9.17) is 19.4 Å². The van der Waals surface area contributed by atoms with E-state index in [0.29, 0.717) is 17.5 Å². The first-order chi connectivity index (χ1) is 23.3. The number of rotatable bonds is 5. The fraction of sp³-hybridized carbons (Fsp3) is 0. The fourth-order valence-corrected chi connectivity index (χ4v) is 6.36. The molecule has 0 aliphatic rings. The smallest absolute Gasteiger partial charge is 0.164 e. The molecule has 0 bridgehead atoms. The summed E-state index contributed by atoms with van der Waals surface area (Å²) in [6, 6.07) is 56.4. The first-order valence-corrected chi connectivity index (χ1v) is 15.7. The predicted molar refractivity (Wildman–Crippen MR) is 192 cm³/mol. The van der Waals surface area contributed by atoms with Gasteiger partial charge in [-0.15, -0.1) is 0 Å². The van der Waals surface area contributed by atoms with E-state index in [9.17, 15) is 0 Å². The van der Waals surface area contributed by atoms with Gasteiger partial charge in [-0.1, -0.05) is 133 Å². The van der Waals surface area contributed by atoms with Crippen molar-refractivity contribution in [3.05, 3.63) is 164 Å². The minimum Gasteiger partial charge on any atom is -0.456 e. The average molecular weight is 602 g/mol. The molecular formula is C43H27N3O. The molecule has 0 radical (unpaired) electrons. The van der Waals surface area contributed by atoms with E-state index >= 15 is 0 Å². The molecule has 0 N–H and O–H groups in total. The Morgan fingerprint density at radius 1 is 0.340 bits per heavy atom. The van der Waals surface area contributed by atoms with Gasteiger partial charge in [0.05, 0.1) is 0 Å². The fourth-order valence-electron chi connectivity index (χ4n) is 6.36. The lowest BCUT2D eigenvalue weighted by Gasteiger charge is -2.09. The Morgan fingerprint density at radius 3 is 1.47 bits per heavy atom. The van der Waals surface area contributed by atoms with Crippen LogP contribution in [0.2, 0.25) is 0 Å². The molecule has 47 heavy (non-hydrogen) atoms. The number of hydrogen-bond donors (Lipinski definition) is 0. The molecule has 0 amide bonds. The molecule has 0 aliphatic carbocycles. The van der Waals surface area contributed by atoms with Gasteiger partial charge in [-0.2, -0.15) is 0 Å². The second kappa shape index (κ2) is 11.2. The van der Waals surface area contributed by atoms with Crippen LogP contribution in [0.3, 0.4) is 0 Å². The summed E-state index contributed by atoms with van der Waals surface area (Å²) in [5, 5.41) is 4.43. The minimum atomic E-state index is 0.611. The van der Waals surface area contributed by atoms with E-state index in [1.54, 1.807) is 0 Å². The Labute approximate surface area is 271 Å². The van der Waals surface area contributed by atoms with E-state index in [0.717, 1.165) is 49.8 Å². The van der Waals surface area contributed by atoms with Gasteiger partial charge >= 0.3 is 0 Å². The minimum absolute atomic E-state index is 0.611. The maximum Gasteiger partial charge on any atom is 0.164 e. The van der Waals surface area contributed by atoms with Crippen LogP contribution in [-0.2, 0) is 0 Å². The van der Waals surface area contributed by atoms with Crippen molar-refractivity contribution in [2.24, 2.45) is 0 Å². The molecule has 9 aromatic rings. The van der Waals surface area contributed by atoms with E-state index in [-0.39, 0.29) is 0 Å². The van der Waals surface area contributed by atoms with Crippen LogP contribution in [0.25, 0.3) is 89.1 Å². The van der Waals surface area contributed by atoms with Crippen LogP contribution in [0.5, 0.6) is 0 Å². The van der Waals surface area contributed by atoms with Crippen LogP contribution in [0.1, 0.15) is 0 Å². The summed E-state index contributed by atoms with van der Waals surface area (Å²) in [6.07, 6.45) is 0. The molecule has 0 spiro atoms. The maximum absolute atomic E-state index is 6.49. The summed E-state index contributed by atoms with van der Waals surface area (Å²) in [6.45, 7) is 0. The zero-order chi connectivity index (χ0) is 31.2. The van der Waals surface area contributed by atoms with Gasteiger partial charge in [0.2, 0.25) is 0 Å². The Balaban J connectivity index is 1.15. The zero-order valence-corrected chi connectivity index (χ0v) is 25.3. The summed E-state index contributed by atoms with van der Waals surface area (Å²) < 4.78 is 6.49. The summed E-state index contributed by atoms with van der Waals surface area (Å²) in [5.74, 6) is 1.88. The molecule has 2 aromatic heterocycles. The van der Waals surface area contributed by atoms with Gasteiger partial charge in [0.25, 0.3) is 0 Å². The highest BCUT2D eigenvalue weighted by atomic mass is 16.3. The lowest BCUT2D eigenvalue weighted by atomic mass is 9.97. The SMILES string of the molecule is c1ccc(-c2ccc3cc(-c4ccc5c(c4)oc4cccc(-c6nc(-c7ccccc7)nc(-c7ccccc7)n6)c45)ccc3c2)cc1.